The Morgan fingerprint density at radius 3 is 2.30 bits per heavy atom. The molecular weight excluding hydrogens is 277 g/mol. The molecule has 0 fully saturated rings. The molecule has 0 amide bonds. The minimum absolute atomic E-state index is 0.0552. The number of halogens is 3. The average Bonchev–Trinajstić information content (AvgIpc) is 2.34. The van der Waals surface area contributed by atoms with Crippen LogP contribution in [-0.2, 0) is 14.3 Å². The number of hydrogen-bond donors (Lipinski definition) is 0. The summed E-state index contributed by atoms with van der Waals surface area (Å²) in [5.74, 6) is -2.07. The van der Waals surface area contributed by atoms with Crippen molar-refractivity contribution in [2.75, 3.05) is 7.11 Å². The largest absolute Gasteiger partial charge is 0.573 e. The van der Waals surface area contributed by atoms with Crippen LogP contribution in [0.15, 0.2) is 29.8 Å². The number of benzene rings is 1. The third-order valence-electron chi connectivity index (χ3n) is 2.23. The Bertz CT molecular complexity index is 547. The summed E-state index contributed by atoms with van der Waals surface area (Å²) in [6.07, 6.45) is -3.87. The van der Waals surface area contributed by atoms with Crippen molar-refractivity contribution in [1.82, 2.24) is 0 Å². The Labute approximate surface area is 112 Å². The number of ketones is 1. The smallest absolute Gasteiger partial charge is 0.465 e. The van der Waals surface area contributed by atoms with E-state index < -0.39 is 23.9 Å². The van der Waals surface area contributed by atoms with Crippen LogP contribution >= 0.6 is 0 Å². The standard InChI is InChI=1S/C13H11F3O4/c1-8(17)10(12(18)19-2)7-9-5-3-4-6-11(9)20-13(14,15)16/h3-7H,1-2H3. The van der Waals surface area contributed by atoms with Crippen molar-refractivity contribution < 1.29 is 32.2 Å². The van der Waals surface area contributed by atoms with E-state index in [-0.39, 0.29) is 11.1 Å². The highest BCUT2D eigenvalue weighted by Crippen LogP contribution is 2.28. The number of ether oxygens (including phenoxy) is 2. The zero-order valence-electron chi connectivity index (χ0n) is 10.7. The van der Waals surface area contributed by atoms with Crippen LogP contribution in [0, 0.1) is 0 Å². The second kappa shape index (κ2) is 6.23. The minimum Gasteiger partial charge on any atom is -0.465 e. The van der Waals surface area contributed by atoms with Gasteiger partial charge in [-0.2, -0.15) is 0 Å². The van der Waals surface area contributed by atoms with Gasteiger partial charge >= 0.3 is 12.3 Å². The maximum atomic E-state index is 12.2. The second-order valence-corrected chi connectivity index (χ2v) is 3.69. The SMILES string of the molecule is COC(=O)C(=Cc1ccccc1OC(F)(F)F)C(C)=O. The Morgan fingerprint density at radius 1 is 1.20 bits per heavy atom. The van der Waals surface area contributed by atoms with E-state index in [1.807, 2.05) is 0 Å². The number of esters is 1. The predicted molar refractivity (Wildman–Crippen MR) is 63.8 cm³/mol. The molecule has 0 aliphatic carbocycles. The summed E-state index contributed by atoms with van der Waals surface area (Å²) >= 11 is 0. The predicted octanol–water partition coefficient (Wildman–Crippen LogP) is 2.73. The van der Waals surface area contributed by atoms with Gasteiger partial charge in [0.15, 0.2) is 5.78 Å². The second-order valence-electron chi connectivity index (χ2n) is 3.69. The summed E-state index contributed by atoms with van der Waals surface area (Å²) < 4.78 is 44.9. The number of hydrogen-bond acceptors (Lipinski definition) is 4. The van der Waals surface area contributed by atoms with Gasteiger partial charge in [-0.25, -0.2) is 4.79 Å². The summed E-state index contributed by atoms with van der Waals surface area (Å²) in [6.45, 7) is 1.11. The molecule has 0 unspecified atom stereocenters. The number of carbonyl (C=O) groups excluding carboxylic acids is 2. The Kier molecular flexibility index (Phi) is 4.90. The third kappa shape index (κ3) is 4.42. The van der Waals surface area contributed by atoms with Gasteiger partial charge in [-0.15, -0.1) is 13.2 Å². The van der Waals surface area contributed by atoms with Gasteiger partial charge in [-0.05, 0) is 19.1 Å². The summed E-state index contributed by atoms with van der Waals surface area (Å²) in [5, 5.41) is 0. The summed E-state index contributed by atoms with van der Waals surface area (Å²) in [5.41, 5.74) is -0.425. The van der Waals surface area contributed by atoms with Crippen molar-refractivity contribution >= 4 is 17.8 Å². The molecule has 0 spiro atoms. The van der Waals surface area contributed by atoms with Gasteiger partial charge in [-0.1, -0.05) is 18.2 Å². The Morgan fingerprint density at radius 2 is 1.80 bits per heavy atom. The number of carbonyl (C=O) groups is 2. The summed E-state index contributed by atoms with van der Waals surface area (Å²) in [7, 11) is 1.07. The molecule has 108 valence electrons. The monoisotopic (exact) mass is 288 g/mol. The van der Waals surface area contributed by atoms with E-state index in [9.17, 15) is 22.8 Å². The first-order valence-corrected chi connectivity index (χ1v) is 5.40. The zero-order chi connectivity index (χ0) is 15.3. The normalized spacial score (nSPS) is 11.9. The van der Waals surface area contributed by atoms with Crippen molar-refractivity contribution in [2.24, 2.45) is 0 Å². The van der Waals surface area contributed by atoms with E-state index in [1.165, 1.54) is 18.2 Å². The van der Waals surface area contributed by atoms with E-state index in [0.29, 0.717) is 0 Å². The molecule has 1 aromatic rings. The van der Waals surface area contributed by atoms with Crippen LogP contribution in [0.4, 0.5) is 13.2 Å². The van der Waals surface area contributed by atoms with Crippen LogP contribution in [-0.4, -0.2) is 25.2 Å². The lowest BCUT2D eigenvalue weighted by molar-refractivity contribution is -0.274. The maximum Gasteiger partial charge on any atom is 0.573 e. The maximum absolute atomic E-state index is 12.2. The topological polar surface area (TPSA) is 52.6 Å². The van der Waals surface area contributed by atoms with Gasteiger partial charge in [0.1, 0.15) is 11.3 Å². The van der Waals surface area contributed by atoms with E-state index in [1.54, 1.807) is 0 Å². The van der Waals surface area contributed by atoms with Gasteiger partial charge < -0.3 is 9.47 Å². The zero-order valence-corrected chi connectivity index (χ0v) is 10.7. The molecule has 0 N–H and O–H groups in total. The highest BCUT2D eigenvalue weighted by Gasteiger charge is 2.32. The van der Waals surface area contributed by atoms with Crippen LogP contribution < -0.4 is 4.74 Å². The van der Waals surface area contributed by atoms with E-state index in [4.69, 9.17) is 0 Å². The lowest BCUT2D eigenvalue weighted by atomic mass is 10.1. The van der Waals surface area contributed by atoms with Crippen molar-refractivity contribution in [3.63, 3.8) is 0 Å². The number of Topliss-reactive ketones (excluding diaryl/α,β-unsaturated/α-hetero) is 1. The Balaban J connectivity index is 3.25. The van der Waals surface area contributed by atoms with Crippen LogP contribution in [0.3, 0.4) is 0 Å². The van der Waals surface area contributed by atoms with E-state index >= 15 is 0 Å². The van der Waals surface area contributed by atoms with Crippen molar-refractivity contribution in [2.45, 2.75) is 13.3 Å². The first kappa shape index (κ1) is 15.7. The molecule has 0 radical (unpaired) electrons. The molecule has 0 aliphatic heterocycles. The Hall–Kier alpha value is -2.31. The van der Waals surface area contributed by atoms with Crippen LogP contribution in [0.25, 0.3) is 6.08 Å². The average molecular weight is 288 g/mol. The summed E-state index contributed by atoms with van der Waals surface area (Å²) in [6, 6.07) is 5.15. The molecule has 0 bridgehead atoms. The van der Waals surface area contributed by atoms with Crippen LogP contribution in [0.2, 0.25) is 0 Å². The van der Waals surface area contributed by atoms with E-state index in [0.717, 1.165) is 26.2 Å². The molecule has 0 aromatic heterocycles. The van der Waals surface area contributed by atoms with Gasteiger partial charge in [0.05, 0.1) is 7.11 Å². The number of rotatable bonds is 4. The van der Waals surface area contributed by atoms with Crippen molar-refractivity contribution in [3.05, 3.63) is 35.4 Å². The molecule has 4 nitrogen and oxygen atoms in total. The molecule has 0 saturated carbocycles. The fourth-order valence-corrected chi connectivity index (χ4v) is 1.39. The molecule has 0 aliphatic rings. The summed E-state index contributed by atoms with van der Waals surface area (Å²) in [4.78, 5) is 22.7. The minimum atomic E-state index is -4.87. The lowest BCUT2D eigenvalue weighted by Crippen LogP contribution is -2.18. The molecule has 0 saturated heterocycles. The molecule has 20 heavy (non-hydrogen) atoms. The fraction of sp³-hybridized carbons (Fsp3) is 0.231. The third-order valence-corrected chi connectivity index (χ3v) is 2.23. The van der Waals surface area contributed by atoms with Crippen molar-refractivity contribution in [1.29, 1.82) is 0 Å². The van der Waals surface area contributed by atoms with Crippen LogP contribution in [0.1, 0.15) is 12.5 Å². The van der Waals surface area contributed by atoms with E-state index in [2.05, 4.69) is 9.47 Å². The first-order valence-electron chi connectivity index (χ1n) is 5.40. The quantitative estimate of drug-likeness (QED) is 0.370. The molecule has 1 rings (SSSR count). The molecule has 0 atom stereocenters. The number of methoxy groups -OCH3 is 1. The number of alkyl halides is 3. The molecule has 1 aromatic carbocycles. The van der Waals surface area contributed by atoms with Crippen molar-refractivity contribution in [3.8, 4) is 5.75 Å². The first-order chi connectivity index (χ1) is 9.24. The molecule has 7 heteroatoms. The van der Waals surface area contributed by atoms with Gasteiger partial charge in [0, 0.05) is 5.56 Å². The highest BCUT2D eigenvalue weighted by atomic mass is 19.4. The highest BCUT2D eigenvalue weighted by molar-refractivity contribution is 6.19. The molecule has 0 heterocycles. The fourth-order valence-electron chi connectivity index (χ4n) is 1.39. The van der Waals surface area contributed by atoms with Gasteiger partial charge in [0.2, 0.25) is 0 Å². The number of para-hydroxylation sites is 1. The van der Waals surface area contributed by atoms with Gasteiger partial charge in [-0.3, -0.25) is 4.79 Å². The molecular formula is C13H11F3O4. The van der Waals surface area contributed by atoms with Gasteiger partial charge in [0.25, 0.3) is 0 Å². The lowest BCUT2D eigenvalue weighted by Gasteiger charge is -2.11. The van der Waals surface area contributed by atoms with Crippen LogP contribution in [0.5, 0.6) is 5.75 Å².